The Kier molecular flexibility index (Phi) is 5.19. The van der Waals surface area contributed by atoms with Crippen molar-refractivity contribution in [3.63, 3.8) is 0 Å². The topological polar surface area (TPSA) is 25.8 Å². The zero-order valence-electron chi connectivity index (χ0n) is 15.9. The lowest BCUT2D eigenvalue weighted by Crippen LogP contribution is -1.91. The van der Waals surface area contributed by atoms with Crippen LogP contribution in [-0.2, 0) is 0 Å². The molecule has 4 heteroatoms. The summed E-state index contributed by atoms with van der Waals surface area (Å²) in [5.41, 5.74) is 6.25. The Bertz CT molecular complexity index is 1390. The molecule has 0 aliphatic carbocycles. The van der Waals surface area contributed by atoms with Gasteiger partial charge in [-0.3, -0.25) is 4.98 Å². The van der Waals surface area contributed by atoms with E-state index >= 15 is 0 Å². The lowest BCUT2D eigenvalue weighted by atomic mass is 9.99. The molecule has 0 unspecified atom stereocenters. The van der Waals surface area contributed by atoms with E-state index in [1.165, 1.54) is 0 Å². The molecule has 0 saturated heterocycles. The molecule has 0 amide bonds. The molecule has 0 fully saturated rings. The van der Waals surface area contributed by atoms with Crippen LogP contribution in [0.5, 0.6) is 0 Å². The molecular formula is C26H16Br2N2. The minimum absolute atomic E-state index is 0.952. The summed E-state index contributed by atoms with van der Waals surface area (Å²) in [6.07, 6.45) is 6.14. The van der Waals surface area contributed by atoms with E-state index in [4.69, 9.17) is 4.98 Å². The Labute approximate surface area is 191 Å². The Hall–Kier alpha value is -2.82. The molecule has 0 atom stereocenters. The number of benzene rings is 3. The Morgan fingerprint density at radius 2 is 1.40 bits per heavy atom. The van der Waals surface area contributed by atoms with Crippen LogP contribution in [-0.4, -0.2) is 9.97 Å². The van der Waals surface area contributed by atoms with Crippen LogP contribution in [0.1, 0.15) is 11.1 Å². The van der Waals surface area contributed by atoms with Crippen LogP contribution in [0.2, 0.25) is 0 Å². The molecule has 0 N–H and O–H groups in total. The average molecular weight is 516 g/mol. The molecule has 3 aromatic carbocycles. The minimum atomic E-state index is 0.952. The third kappa shape index (κ3) is 3.81. The predicted octanol–water partition coefficient (Wildman–Crippen LogP) is 8.15. The van der Waals surface area contributed by atoms with Crippen molar-refractivity contribution >= 4 is 65.8 Å². The number of hydrogen-bond acceptors (Lipinski definition) is 2. The summed E-state index contributed by atoms with van der Waals surface area (Å²) in [4.78, 5) is 9.50. The summed E-state index contributed by atoms with van der Waals surface area (Å²) in [6, 6.07) is 26.9. The van der Waals surface area contributed by atoms with E-state index in [0.717, 1.165) is 53.1 Å². The molecule has 144 valence electrons. The molecule has 0 radical (unpaired) electrons. The third-order valence-electron chi connectivity index (χ3n) is 5.05. The second-order valence-corrected chi connectivity index (χ2v) is 8.85. The van der Waals surface area contributed by atoms with Gasteiger partial charge in [-0.25, -0.2) is 4.98 Å². The van der Waals surface area contributed by atoms with Crippen molar-refractivity contribution in [3.8, 4) is 11.3 Å². The van der Waals surface area contributed by atoms with Gasteiger partial charge in [0.15, 0.2) is 0 Å². The Balaban J connectivity index is 1.74. The second kappa shape index (κ2) is 8.13. The van der Waals surface area contributed by atoms with Gasteiger partial charge in [-0.2, -0.15) is 0 Å². The molecular weight excluding hydrogens is 500 g/mol. The summed E-state index contributed by atoms with van der Waals surface area (Å²) < 4.78 is 2.13. The first-order valence-corrected chi connectivity index (χ1v) is 11.1. The van der Waals surface area contributed by atoms with Gasteiger partial charge >= 0.3 is 0 Å². The second-order valence-electron chi connectivity index (χ2n) is 7.02. The van der Waals surface area contributed by atoms with Crippen LogP contribution < -0.4 is 0 Å². The molecule has 0 aliphatic rings. The number of rotatable bonds is 3. The Morgan fingerprint density at radius 3 is 2.17 bits per heavy atom. The van der Waals surface area contributed by atoms with Crippen LogP contribution in [0.25, 0.3) is 45.2 Å². The van der Waals surface area contributed by atoms with E-state index in [-0.39, 0.29) is 0 Å². The van der Waals surface area contributed by atoms with Crippen molar-refractivity contribution < 1.29 is 0 Å². The molecule has 5 aromatic rings. The van der Waals surface area contributed by atoms with Gasteiger partial charge in [0.25, 0.3) is 0 Å². The Morgan fingerprint density at radius 1 is 0.700 bits per heavy atom. The van der Waals surface area contributed by atoms with Crippen LogP contribution in [0.3, 0.4) is 0 Å². The van der Waals surface area contributed by atoms with Crippen LogP contribution in [0, 0.1) is 0 Å². The first kappa shape index (κ1) is 19.2. The maximum absolute atomic E-state index is 4.97. The van der Waals surface area contributed by atoms with Crippen molar-refractivity contribution in [1.82, 2.24) is 9.97 Å². The number of halogens is 2. The summed E-state index contributed by atoms with van der Waals surface area (Å²) >= 11 is 7.01. The van der Waals surface area contributed by atoms with Crippen molar-refractivity contribution in [2.45, 2.75) is 0 Å². The summed E-state index contributed by atoms with van der Waals surface area (Å²) in [6.45, 7) is 0. The maximum Gasteiger partial charge on any atom is 0.0723 e. The fraction of sp³-hybridized carbons (Fsp3) is 0. The molecule has 5 rings (SSSR count). The van der Waals surface area contributed by atoms with Crippen LogP contribution in [0.15, 0.2) is 94.0 Å². The summed E-state index contributed by atoms with van der Waals surface area (Å²) in [5.74, 6) is 0. The summed E-state index contributed by atoms with van der Waals surface area (Å²) in [5, 5.41) is 2.23. The van der Waals surface area contributed by atoms with E-state index in [9.17, 15) is 0 Å². The lowest BCUT2D eigenvalue weighted by molar-refractivity contribution is 1.38. The highest BCUT2D eigenvalue weighted by molar-refractivity contribution is 9.10. The molecule has 0 aliphatic heterocycles. The van der Waals surface area contributed by atoms with Gasteiger partial charge in [-0.1, -0.05) is 74.3 Å². The molecule has 0 bridgehead atoms. The van der Waals surface area contributed by atoms with Crippen molar-refractivity contribution in [3.05, 3.63) is 105 Å². The van der Waals surface area contributed by atoms with E-state index in [0.29, 0.717) is 0 Å². The van der Waals surface area contributed by atoms with Gasteiger partial charge < -0.3 is 0 Å². The molecule has 0 saturated carbocycles. The van der Waals surface area contributed by atoms with Crippen LogP contribution >= 0.6 is 31.9 Å². The first-order valence-electron chi connectivity index (χ1n) is 9.55. The highest BCUT2D eigenvalue weighted by atomic mass is 79.9. The molecule has 30 heavy (non-hydrogen) atoms. The third-order valence-corrected chi connectivity index (χ3v) is 6.11. The number of nitrogens with zero attached hydrogens (tertiary/aromatic N) is 2. The number of pyridine rings is 2. The summed E-state index contributed by atoms with van der Waals surface area (Å²) in [7, 11) is 0. The van der Waals surface area contributed by atoms with Gasteiger partial charge in [-0.05, 0) is 59.7 Å². The number of hydrogen-bond donors (Lipinski definition) is 0. The van der Waals surface area contributed by atoms with Gasteiger partial charge in [0, 0.05) is 31.5 Å². The molecule has 2 nitrogen and oxygen atoms in total. The quantitative estimate of drug-likeness (QED) is 0.226. The smallest absolute Gasteiger partial charge is 0.0723 e. The highest BCUT2D eigenvalue weighted by Gasteiger charge is 2.10. The van der Waals surface area contributed by atoms with Gasteiger partial charge in [0.2, 0.25) is 0 Å². The van der Waals surface area contributed by atoms with Crippen molar-refractivity contribution in [1.29, 1.82) is 0 Å². The lowest BCUT2D eigenvalue weighted by Gasteiger charge is -2.10. The fourth-order valence-corrected chi connectivity index (χ4v) is 4.11. The standard InChI is InChI=1S/C26H16Br2N2/c27-20-9-4-17(5-10-20)3-6-19-16-25(18-7-11-21(28)12-8-18)30-24-14-13-23-22(26(19)24)2-1-15-29-23/h1-16H. The largest absolute Gasteiger partial charge is 0.256 e. The zero-order valence-corrected chi connectivity index (χ0v) is 19.1. The van der Waals surface area contributed by atoms with E-state index in [1.807, 2.05) is 30.5 Å². The molecule has 0 spiro atoms. The number of fused-ring (bicyclic) bond motifs is 3. The van der Waals surface area contributed by atoms with E-state index < -0.39 is 0 Å². The van der Waals surface area contributed by atoms with Crippen molar-refractivity contribution in [2.24, 2.45) is 0 Å². The maximum atomic E-state index is 4.97. The van der Waals surface area contributed by atoms with Gasteiger partial charge in [0.05, 0.1) is 16.7 Å². The predicted molar refractivity (Wildman–Crippen MR) is 133 cm³/mol. The van der Waals surface area contributed by atoms with Gasteiger partial charge in [0.1, 0.15) is 0 Å². The van der Waals surface area contributed by atoms with E-state index in [2.05, 4.69) is 104 Å². The first-order chi connectivity index (χ1) is 14.7. The highest BCUT2D eigenvalue weighted by Crippen LogP contribution is 2.31. The zero-order chi connectivity index (χ0) is 20.5. The molecule has 2 aromatic heterocycles. The minimum Gasteiger partial charge on any atom is -0.256 e. The van der Waals surface area contributed by atoms with E-state index in [1.54, 1.807) is 0 Å². The monoisotopic (exact) mass is 514 g/mol. The SMILES string of the molecule is Brc1ccc(C=Cc2cc(-c3ccc(Br)cc3)nc3ccc4ncccc4c23)cc1. The molecule has 2 heterocycles. The van der Waals surface area contributed by atoms with Crippen molar-refractivity contribution in [2.75, 3.05) is 0 Å². The van der Waals surface area contributed by atoms with Gasteiger partial charge in [-0.15, -0.1) is 0 Å². The fourth-order valence-electron chi connectivity index (χ4n) is 3.58. The average Bonchev–Trinajstić information content (AvgIpc) is 2.78. The van der Waals surface area contributed by atoms with Crippen LogP contribution in [0.4, 0.5) is 0 Å². The normalized spacial score (nSPS) is 11.5. The number of aromatic nitrogens is 2.